The van der Waals surface area contributed by atoms with Crippen LogP contribution in [0.2, 0.25) is 0 Å². The van der Waals surface area contributed by atoms with Gasteiger partial charge in [0.05, 0.1) is 24.6 Å². The van der Waals surface area contributed by atoms with E-state index in [0.717, 1.165) is 11.8 Å². The molecule has 4 rings (SSSR count). The molecule has 11 nitrogen and oxygen atoms in total. The Morgan fingerprint density at radius 3 is 2.69 bits per heavy atom. The number of nitrogen functional groups attached to an aromatic ring is 1. The molecule has 0 bridgehead atoms. The van der Waals surface area contributed by atoms with Gasteiger partial charge >= 0.3 is 5.97 Å². The van der Waals surface area contributed by atoms with E-state index in [1.165, 1.54) is 35.1 Å². The molecule has 2 amide bonds. The zero-order valence-electron chi connectivity index (χ0n) is 19.2. The molecule has 2 aliphatic rings. The van der Waals surface area contributed by atoms with Gasteiger partial charge in [-0.3, -0.25) is 14.5 Å². The van der Waals surface area contributed by atoms with Crippen LogP contribution >= 0.6 is 34.7 Å². The Kier molecular flexibility index (Phi) is 7.71. The van der Waals surface area contributed by atoms with Gasteiger partial charge in [-0.05, 0) is 17.7 Å². The first-order chi connectivity index (χ1) is 17.3. The molecule has 1 saturated heterocycles. The molecule has 36 heavy (non-hydrogen) atoms. The predicted molar refractivity (Wildman–Crippen MR) is 135 cm³/mol. The zero-order valence-corrected chi connectivity index (χ0v) is 21.6. The first kappa shape index (κ1) is 25.8. The Balaban J connectivity index is 1.75. The number of nitrogens with one attached hydrogen (secondary N) is 1. The van der Waals surface area contributed by atoms with E-state index in [4.69, 9.17) is 26.8 Å². The largest absolute Gasteiger partial charge is 0.497 e. The molecule has 3 N–H and O–H groups in total. The number of carbonyl (C=O) groups excluding carboxylic acids is 3. The number of amides is 2. The summed E-state index contributed by atoms with van der Waals surface area (Å²) in [5.41, 5.74) is 7.18. The first-order valence-electron chi connectivity index (χ1n) is 10.5. The van der Waals surface area contributed by atoms with Gasteiger partial charge in [-0.25, -0.2) is 9.78 Å². The molecule has 2 atom stereocenters. The summed E-state index contributed by atoms with van der Waals surface area (Å²) in [6.07, 6.45) is 1.10. The highest BCUT2D eigenvalue weighted by atomic mass is 35.5. The van der Waals surface area contributed by atoms with Crippen molar-refractivity contribution in [2.45, 2.75) is 23.3 Å². The quantitative estimate of drug-likeness (QED) is 0.157. The molecule has 190 valence electrons. The number of rotatable bonds is 9. The third-order valence-corrected chi connectivity index (χ3v) is 7.99. The number of benzene rings is 1. The molecule has 0 aliphatic carbocycles. The second kappa shape index (κ2) is 10.8. The number of carbonyl (C=O) groups is 3. The molecular weight excluding hydrogens is 530 g/mol. The topological polar surface area (TPSA) is 145 Å². The minimum absolute atomic E-state index is 0.0333. The maximum absolute atomic E-state index is 13.4. The van der Waals surface area contributed by atoms with Crippen LogP contribution in [0.1, 0.15) is 17.7 Å². The van der Waals surface area contributed by atoms with Crippen LogP contribution in [0.3, 0.4) is 0 Å². The summed E-state index contributed by atoms with van der Waals surface area (Å²) < 4.78 is 10.7. The number of nitrogens with zero attached hydrogens (tertiary/aromatic N) is 3. The number of esters is 1. The van der Waals surface area contributed by atoms with Crippen molar-refractivity contribution >= 4 is 63.8 Å². The number of halogens is 1. The smallest absolute Gasteiger partial charge is 0.355 e. The lowest BCUT2D eigenvalue weighted by Gasteiger charge is -2.51. The maximum atomic E-state index is 13.4. The summed E-state index contributed by atoms with van der Waals surface area (Å²) in [4.78, 5) is 47.6. The second-order valence-electron chi connectivity index (χ2n) is 7.58. The Hall–Kier alpha value is -3.29. The van der Waals surface area contributed by atoms with E-state index in [9.17, 15) is 14.4 Å². The van der Waals surface area contributed by atoms with Gasteiger partial charge in [-0.15, -0.1) is 22.9 Å². The number of hydrogen-bond donors (Lipinski definition) is 2. The number of β-lactam (4-membered cyclic amide) rings is 1. The lowest BCUT2D eigenvalue weighted by atomic mass is 9.98. The lowest BCUT2D eigenvalue weighted by Crippen LogP contribution is -2.61. The summed E-state index contributed by atoms with van der Waals surface area (Å²) in [6, 6.07) is 7.01. The fourth-order valence-corrected chi connectivity index (χ4v) is 6.55. The molecule has 0 radical (unpaired) electrons. The van der Waals surface area contributed by atoms with E-state index in [0.29, 0.717) is 11.4 Å². The number of anilines is 1. The summed E-state index contributed by atoms with van der Waals surface area (Å²) in [5, 5.41) is 7.82. The highest BCUT2D eigenvalue weighted by Gasteiger charge is 2.57. The molecule has 0 saturated carbocycles. The van der Waals surface area contributed by atoms with Gasteiger partial charge < -0.3 is 25.4 Å². The third-order valence-electron chi connectivity index (χ3n) is 5.48. The number of alkyl halides is 1. The van der Waals surface area contributed by atoms with Crippen molar-refractivity contribution in [1.29, 1.82) is 0 Å². The number of thioether (sulfide) groups is 1. The summed E-state index contributed by atoms with van der Waals surface area (Å²) in [7, 11) is 2.85. The molecule has 3 heterocycles. The Morgan fingerprint density at radius 2 is 2.11 bits per heavy atom. The second-order valence-corrected chi connectivity index (χ2v) is 10.1. The number of fused-ring (bicyclic) bond motifs is 1. The van der Waals surface area contributed by atoms with Crippen LogP contribution < -0.4 is 15.8 Å². The predicted octanol–water partition coefficient (Wildman–Crippen LogP) is 2.18. The minimum Gasteiger partial charge on any atom is -0.497 e. The van der Waals surface area contributed by atoms with Crippen molar-refractivity contribution < 1.29 is 28.7 Å². The third kappa shape index (κ3) is 4.86. The number of oxime groups is 1. The van der Waals surface area contributed by atoms with Crippen LogP contribution in [0.4, 0.5) is 5.13 Å². The molecule has 14 heteroatoms. The average molecular weight is 552 g/mol. The van der Waals surface area contributed by atoms with Gasteiger partial charge in [0.2, 0.25) is 5.91 Å². The standard InChI is InChI=1S/C22H22ClN5O6S2/c1-32-13-5-3-12(4-6-13)10-34-20(31)19-14(8-23)22(15-11-35-21(24)26-15,27-16(29)9-25-33-2)36-18-7-17(30)28(18)19/h3-6,9,11,18H,7-8,10H2,1-2H3,(H2,24,26)(H,27,29)/b25-9+/t18-,22?/m1/s1. The molecule has 1 unspecified atom stereocenters. The van der Waals surface area contributed by atoms with E-state index in [2.05, 4.69) is 20.3 Å². The van der Waals surface area contributed by atoms with Crippen LogP contribution in [0.5, 0.6) is 5.75 Å². The number of hydrogen-bond acceptors (Lipinski definition) is 11. The van der Waals surface area contributed by atoms with Gasteiger partial charge in [0, 0.05) is 16.8 Å². The molecular formula is C22H22ClN5O6S2. The van der Waals surface area contributed by atoms with Crippen molar-refractivity contribution in [2.75, 3.05) is 25.8 Å². The maximum Gasteiger partial charge on any atom is 0.355 e. The number of aromatic nitrogens is 1. The minimum atomic E-state index is -1.40. The summed E-state index contributed by atoms with van der Waals surface area (Å²) >= 11 is 8.78. The van der Waals surface area contributed by atoms with Crippen molar-refractivity contribution in [3.05, 3.63) is 52.2 Å². The lowest BCUT2D eigenvalue weighted by molar-refractivity contribution is -0.150. The number of nitrogens with two attached hydrogens (primary N) is 1. The van der Waals surface area contributed by atoms with E-state index in [1.807, 2.05) is 0 Å². The van der Waals surface area contributed by atoms with E-state index >= 15 is 0 Å². The molecule has 2 aliphatic heterocycles. The zero-order chi connectivity index (χ0) is 25.9. The fourth-order valence-electron chi connectivity index (χ4n) is 3.80. The van der Waals surface area contributed by atoms with Crippen molar-refractivity contribution in [3.8, 4) is 5.75 Å². The Labute approximate surface area is 219 Å². The van der Waals surface area contributed by atoms with Gasteiger partial charge in [-0.2, -0.15) is 0 Å². The highest BCUT2D eigenvalue weighted by Crippen LogP contribution is 2.54. The fraction of sp³-hybridized carbons (Fsp3) is 0.318. The summed E-state index contributed by atoms with van der Waals surface area (Å²) in [5.74, 6) is -1.19. The van der Waals surface area contributed by atoms with E-state index in [-0.39, 0.29) is 41.2 Å². The van der Waals surface area contributed by atoms with Crippen LogP contribution in [0.25, 0.3) is 0 Å². The Morgan fingerprint density at radius 1 is 1.36 bits per heavy atom. The van der Waals surface area contributed by atoms with Crippen LogP contribution in [0, 0.1) is 0 Å². The molecule has 1 aromatic carbocycles. The molecule has 1 aromatic heterocycles. The van der Waals surface area contributed by atoms with Crippen molar-refractivity contribution in [2.24, 2.45) is 5.16 Å². The number of thiazole rings is 1. The van der Waals surface area contributed by atoms with Gasteiger partial charge in [0.1, 0.15) is 31.4 Å². The first-order valence-corrected chi connectivity index (χ1v) is 12.8. The van der Waals surface area contributed by atoms with Gasteiger partial charge in [0.15, 0.2) is 10.0 Å². The van der Waals surface area contributed by atoms with Crippen molar-refractivity contribution in [1.82, 2.24) is 15.2 Å². The average Bonchev–Trinajstić information content (AvgIpc) is 3.32. The van der Waals surface area contributed by atoms with E-state index < -0.39 is 22.1 Å². The van der Waals surface area contributed by atoms with Crippen molar-refractivity contribution in [3.63, 3.8) is 0 Å². The number of ether oxygens (including phenoxy) is 2. The van der Waals surface area contributed by atoms with Crippen LogP contribution in [0.15, 0.2) is 46.1 Å². The van der Waals surface area contributed by atoms with E-state index in [1.54, 1.807) is 36.8 Å². The Bertz CT molecular complexity index is 1230. The van der Waals surface area contributed by atoms with Crippen LogP contribution in [-0.2, 0) is 35.4 Å². The monoisotopic (exact) mass is 551 g/mol. The molecule has 2 aromatic rings. The normalized spacial score (nSPS) is 21.1. The summed E-state index contributed by atoms with van der Waals surface area (Å²) in [6.45, 7) is -0.0504. The molecule has 0 spiro atoms. The number of methoxy groups -OCH3 is 1. The SMILES string of the molecule is CO/N=C/C(=O)NC1(c2csc(N)n2)S[C@@H]2CC(=O)N2C(C(=O)OCc2ccc(OC)cc2)=C1CCl. The van der Waals surface area contributed by atoms with Gasteiger partial charge in [0.25, 0.3) is 5.91 Å². The van der Waals surface area contributed by atoms with Crippen LogP contribution in [-0.4, -0.2) is 59.4 Å². The van der Waals surface area contributed by atoms with Gasteiger partial charge in [-0.1, -0.05) is 29.1 Å². The highest BCUT2D eigenvalue weighted by molar-refractivity contribution is 8.01. The molecule has 1 fully saturated rings.